The van der Waals surface area contributed by atoms with Crippen LogP contribution in [-0.2, 0) is 10.5 Å². The van der Waals surface area contributed by atoms with Gasteiger partial charge in [-0.25, -0.2) is 0 Å². The van der Waals surface area contributed by atoms with Crippen molar-refractivity contribution in [3.8, 4) is 6.07 Å². The highest BCUT2D eigenvalue weighted by atomic mass is 32.2. The zero-order valence-corrected chi connectivity index (χ0v) is 16.3. The first kappa shape index (κ1) is 19.7. The number of nitrogens with zero attached hydrogens (tertiary/aromatic N) is 1. The largest absolute Gasteiger partial charge is 0.325 e. The summed E-state index contributed by atoms with van der Waals surface area (Å²) >= 11 is 1.51. The van der Waals surface area contributed by atoms with Gasteiger partial charge in [0, 0.05) is 17.0 Å². The summed E-state index contributed by atoms with van der Waals surface area (Å²) in [5.41, 5.74) is 6.17. The van der Waals surface area contributed by atoms with Crippen LogP contribution in [0.1, 0.15) is 45.1 Å². The van der Waals surface area contributed by atoms with E-state index in [0.29, 0.717) is 22.8 Å². The van der Waals surface area contributed by atoms with Gasteiger partial charge in [0.25, 0.3) is 0 Å². The van der Waals surface area contributed by atoms with Crippen molar-refractivity contribution >= 4 is 29.1 Å². The second-order valence-electron chi connectivity index (χ2n) is 6.28. The van der Waals surface area contributed by atoms with Gasteiger partial charge in [0.15, 0.2) is 5.78 Å². The molecule has 0 bridgehead atoms. The smallest absolute Gasteiger partial charge is 0.234 e. The maximum Gasteiger partial charge on any atom is 0.234 e. The number of hydrogen-bond donors (Lipinski definition) is 1. The fourth-order valence-electron chi connectivity index (χ4n) is 3.10. The summed E-state index contributed by atoms with van der Waals surface area (Å²) < 4.78 is 0. The van der Waals surface area contributed by atoms with E-state index in [1.807, 2.05) is 26.8 Å². The van der Waals surface area contributed by atoms with E-state index in [2.05, 4.69) is 11.4 Å². The van der Waals surface area contributed by atoms with Gasteiger partial charge in [-0.2, -0.15) is 5.26 Å². The number of nitrogens with one attached hydrogen (secondary N) is 1. The summed E-state index contributed by atoms with van der Waals surface area (Å²) in [6.45, 7) is 7.55. The van der Waals surface area contributed by atoms with E-state index in [1.165, 1.54) is 11.8 Å². The number of Topliss-reactive ketones (excluding diaryl/α,β-unsaturated/α-hetero) is 1. The van der Waals surface area contributed by atoms with Crippen LogP contribution in [0.2, 0.25) is 0 Å². The average molecular weight is 366 g/mol. The van der Waals surface area contributed by atoms with Crippen LogP contribution >= 0.6 is 11.8 Å². The van der Waals surface area contributed by atoms with Crippen molar-refractivity contribution in [2.24, 2.45) is 0 Å². The summed E-state index contributed by atoms with van der Waals surface area (Å²) in [5, 5.41) is 11.7. The van der Waals surface area contributed by atoms with E-state index in [-0.39, 0.29) is 11.7 Å². The standard InChI is InChI=1S/C21H22N2O2S/c1-13-8-14(2)21(16(4)24)15(3)19(13)11-26-12-20(25)23-18-7-5-6-17(9-18)10-22/h5-9H,11-12H2,1-4H3,(H,23,25). The molecular formula is C21H22N2O2S. The van der Waals surface area contributed by atoms with E-state index >= 15 is 0 Å². The Morgan fingerprint density at radius 1 is 1.15 bits per heavy atom. The Bertz CT molecular complexity index is 898. The Morgan fingerprint density at radius 3 is 2.54 bits per heavy atom. The number of amides is 1. The SMILES string of the molecule is CC(=O)c1c(C)cc(C)c(CSCC(=O)Nc2cccc(C#N)c2)c1C. The van der Waals surface area contributed by atoms with Gasteiger partial charge >= 0.3 is 0 Å². The predicted molar refractivity (Wildman–Crippen MR) is 107 cm³/mol. The molecule has 0 aliphatic rings. The van der Waals surface area contributed by atoms with Gasteiger partial charge < -0.3 is 5.32 Å². The Morgan fingerprint density at radius 2 is 1.88 bits per heavy atom. The number of hydrogen-bond acceptors (Lipinski definition) is 4. The zero-order chi connectivity index (χ0) is 19.3. The van der Waals surface area contributed by atoms with Crippen molar-refractivity contribution in [2.75, 3.05) is 11.1 Å². The third-order valence-corrected chi connectivity index (χ3v) is 5.20. The molecule has 0 aliphatic carbocycles. The van der Waals surface area contributed by atoms with Gasteiger partial charge in [-0.1, -0.05) is 12.1 Å². The molecule has 0 aromatic heterocycles. The molecule has 0 fully saturated rings. The van der Waals surface area contributed by atoms with Crippen molar-refractivity contribution in [3.05, 3.63) is 63.7 Å². The molecule has 1 N–H and O–H groups in total. The third kappa shape index (κ3) is 4.74. The lowest BCUT2D eigenvalue weighted by Gasteiger charge is -2.15. The van der Waals surface area contributed by atoms with E-state index in [9.17, 15) is 9.59 Å². The molecule has 0 atom stereocenters. The molecular weight excluding hydrogens is 344 g/mol. The van der Waals surface area contributed by atoms with Crippen molar-refractivity contribution in [1.82, 2.24) is 0 Å². The fraction of sp³-hybridized carbons (Fsp3) is 0.286. The Kier molecular flexibility index (Phi) is 6.59. The number of thioether (sulfide) groups is 1. The van der Waals surface area contributed by atoms with E-state index in [1.54, 1.807) is 31.2 Å². The molecule has 2 aromatic carbocycles. The number of carbonyl (C=O) groups is 2. The normalized spacial score (nSPS) is 10.3. The number of benzene rings is 2. The van der Waals surface area contributed by atoms with Gasteiger partial charge in [-0.3, -0.25) is 9.59 Å². The van der Waals surface area contributed by atoms with Gasteiger partial charge in [0.1, 0.15) is 0 Å². The number of carbonyl (C=O) groups excluding carboxylic acids is 2. The third-order valence-electron chi connectivity index (χ3n) is 4.24. The van der Waals surface area contributed by atoms with Crippen LogP contribution < -0.4 is 5.32 Å². The molecule has 2 aromatic rings. The number of aryl methyl sites for hydroxylation is 2. The van der Waals surface area contributed by atoms with Crippen LogP contribution in [0.4, 0.5) is 5.69 Å². The highest BCUT2D eigenvalue weighted by Gasteiger charge is 2.14. The van der Waals surface area contributed by atoms with Gasteiger partial charge in [0.05, 0.1) is 17.4 Å². The van der Waals surface area contributed by atoms with Crippen LogP contribution in [0, 0.1) is 32.1 Å². The summed E-state index contributed by atoms with van der Waals surface area (Å²) in [5.74, 6) is 0.934. The summed E-state index contributed by atoms with van der Waals surface area (Å²) in [6.07, 6.45) is 0. The van der Waals surface area contributed by atoms with Gasteiger partial charge in [-0.15, -0.1) is 11.8 Å². The molecule has 5 heteroatoms. The summed E-state index contributed by atoms with van der Waals surface area (Å²) in [6, 6.07) is 10.9. The van der Waals surface area contributed by atoms with Crippen LogP contribution in [-0.4, -0.2) is 17.4 Å². The molecule has 2 rings (SSSR count). The molecule has 26 heavy (non-hydrogen) atoms. The first-order valence-electron chi connectivity index (χ1n) is 8.32. The zero-order valence-electron chi connectivity index (χ0n) is 15.5. The topological polar surface area (TPSA) is 70.0 Å². The van der Waals surface area contributed by atoms with Gasteiger partial charge in [-0.05, 0) is 68.1 Å². The van der Waals surface area contributed by atoms with Crippen molar-refractivity contribution in [2.45, 2.75) is 33.4 Å². The quantitative estimate of drug-likeness (QED) is 0.761. The van der Waals surface area contributed by atoms with E-state index < -0.39 is 0 Å². The molecule has 0 heterocycles. The Labute approximate surface area is 158 Å². The van der Waals surface area contributed by atoms with Gasteiger partial charge in [0.2, 0.25) is 5.91 Å². The lowest BCUT2D eigenvalue weighted by molar-refractivity contribution is -0.113. The van der Waals surface area contributed by atoms with E-state index in [0.717, 1.165) is 27.8 Å². The summed E-state index contributed by atoms with van der Waals surface area (Å²) in [4.78, 5) is 24.0. The number of ketones is 1. The lowest BCUT2D eigenvalue weighted by atomic mass is 9.92. The monoisotopic (exact) mass is 366 g/mol. The Balaban J connectivity index is 2.01. The van der Waals surface area contributed by atoms with Crippen molar-refractivity contribution in [1.29, 1.82) is 5.26 Å². The summed E-state index contributed by atoms with van der Waals surface area (Å²) in [7, 11) is 0. The lowest BCUT2D eigenvalue weighted by Crippen LogP contribution is -2.14. The first-order valence-corrected chi connectivity index (χ1v) is 9.47. The predicted octanol–water partition coefficient (Wildman–Crippen LogP) is 4.56. The van der Waals surface area contributed by atoms with Crippen molar-refractivity contribution < 1.29 is 9.59 Å². The second kappa shape index (κ2) is 8.68. The minimum atomic E-state index is -0.112. The molecule has 1 amide bonds. The Hall–Kier alpha value is -2.58. The molecule has 0 saturated carbocycles. The highest BCUT2D eigenvalue weighted by Crippen LogP contribution is 2.26. The van der Waals surface area contributed by atoms with Crippen LogP contribution in [0.5, 0.6) is 0 Å². The highest BCUT2D eigenvalue weighted by molar-refractivity contribution is 7.99. The van der Waals surface area contributed by atoms with Crippen molar-refractivity contribution in [3.63, 3.8) is 0 Å². The minimum absolute atomic E-state index is 0.0707. The molecule has 0 aliphatic heterocycles. The maximum atomic E-state index is 12.1. The number of nitriles is 1. The molecule has 0 unspecified atom stereocenters. The minimum Gasteiger partial charge on any atom is -0.325 e. The van der Waals surface area contributed by atoms with E-state index in [4.69, 9.17) is 5.26 Å². The molecule has 4 nitrogen and oxygen atoms in total. The van der Waals surface area contributed by atoms with Crippen LogP contribution in [0.3, 0.4) is 0 Å². The number of anilines is 1. The first-order chi connectivity index (χ1) is 12.3. The average Bonchev–Trinajstić information content (AvgIpc) is 2.57. The molecule has 0 spiro atoms. The van der Waals surface area contributed by atoms with Crippen LogP contribution in [0.15, 0.2) is 30.3 Å². The molecule has 134 valence electrons. The number of rotatable bonds is 6. The molecule has 0 saturated heterocycles. The fourth-order valence-corrected chi connectivity index (χ4v) is 4.11. The molecule has 0 radical (unpaired) electrons. The van der Waals surface area contributed by atoms with Crippen LogP contribution in [0.25, 0.3) is 0 Å². The second-order valence-corrected chi connectivity index (χ2v) is 7.26. The maximum absolute atomic E-state index is 12.1.